The summed E-state index contributed by atoms with van der Waals surface area (Å²) in [6.45, 7) is 6.53. The summed E-state index contributed by atoms with van der Waals surface area (Å²) >= 11 is 0. The van der Waals surface area contributed by atoms with E-state index in [2.05, 4.69) is 0 Å². The smallest absolute Gasteiger partial charge is 0.338 e. The summed E-state index contributed by atoms with van der Waals surface area (Å²) in [6.07, 6.45) is -2.03. The van der Waals surface area contributed by atoms with Crippen LogP contribution in [0.25, 0.3) is 0 Å². The molecule has 7 nitrogen and oxygen atoms in total. The maximum absolute atomic E-state index is 12.2. The van der Waals surface area contributed by atoms with E-state index >= 15 is 0 Å². The van der Waals surface area contributed by atoms with Crippen molar-refractivity contribution in [3.05, 3.63) is 35.9 Å². The minimum atomic E-state index is -0.997. The van der Waals surface area contributed by atoms with E-state index in [1.807, 2.05) is 6.07 Å². The molecule has 2 aliphatic rings. The topological polar surface area (TPSA) is 80.3 Å². The average Bonchev–Trinajstić information content (AvgIpc) is 2.99. The molecule has 0 N–H and O–H groups in total. The molecule has 1 aromatic rings. The van der Waals surface area contributed by atoms with Gasteiger partial charge < -0.3 is 23.7 Å². The molecule has 1 unspecified atom stereocenters. The zero-order valence-corrected chi connectivity index (χ0v) is 14.7. The second kappa shape index (κ2) is 6.40. The average molecular weight is 350 g/mol. The van der Waals surface area contributed by atoms with Gasteiger partial charge in [0, 0.05) is 6.92 Å². The number of carbonyl (C=O) groups excluding carboxylic acids is 2. The number of ether oxygens (including phenoxy) is 5. The molecular formula is C18H22O7. The molecule has 0 amide bonds. The molecule has 7 heteroatoms. The predicted octanol–water partition coefficient (Wildman–Crippen LogP) is 2.04. The van der Waals surface area contributed by atoms with E-state index in [-0.39, 0.29) is 6.61 Å². The summed E-state index contributed by atoms with van der Waals surface area (Å²) in [4.78, 5) is 23.5. The Labute approximate surface area is 146 Å². The second-order valence-corrected chi connectivity index (χ2v) is 6.87. The monoisotopic (exact) mass is 350 g/mol. The van der Waals surface area contributed by atoms with Gasteiger partial charge in [-0.2, -0.15) is 0 Å². The molecule has 2 heterocycles. The Kier molecular flexibility index (Phi) is 4.57. The maximum atomic E-state index is 12.2. The van der Waals surface area contributed by atoms with Gasteiger partial charge in [-0.15, -0.1) is 0 Å². The number of hydrogen-bond acceptors (Lipinski definition) is 7. The molecule has 2 saturated heterocycles. The van der Waals surface area contributed by atoms with Crippen LogP contribution in [0, 0.1) is 0 Å². The molecule has 136 valence electrons. The summed E-state index contributed by atoms with van der Waals surface area (Å²) in [5.41, 5.74) is -0.552. The van der Waals surface area contributed by atoms with Gasteiger partial charge in [-0.25, -0.2) is 4.79 Å². The van der Waals surface area contributed by atoms with Gasteiger partial charge in [-0.05, 0) is 32.9 Å². The Morgan fingerprint density at radius 1 is 1.08 bits per heavy atom. The highest BCUT2D eigenvalue weighted by Gasteiger charge is 2.62. The highest BCUT2D eigenvalue weighted by Crippen LogP contribution is 2.44. The Hall–Kier alpha value is -1.96. The molecule has 25 heavy (non-hydrogen) atoms. The Morgan fingerprint density at radius 2 is 1.76 bits per heavy atom. The standard InChI is InChI=1S/C18H22O7/c1-11(19)22-16-13-14(24-17(2,3)23-13)18(4,25-16)10-21-15(20)12-8-6-5-7-9-12/h5-9,13-14,16H,10H2,1-4H3/t13-,14+,16?,18-/m1/s1. The van der Waals surface area contributed by atoms with Crippen LogP contribution in [0.2, 0.25) is 0 Å². The van der Waals surface area contributed by atoms with E-state index < -0.39 is 41.8 Å². The van der Waals surface area contributed by atoms with E-state index in [0.717, 1.165) is 0 Å². The number of carbonyl (C=O) groups is 2. The van der Waals surface area contributed by atoms with E-state index in [9.17, 15) is 9.59 Å². The minimum absolute atomic E-state index is 0.0564. The molecule has 1 aromatic carbocycles. The van der Waals surface area contributed by atoms with Gasteiger partial charge in [0.05, 0.1) is 5.56 Å². The second-order valence-electron chi connectivity index (χ2n) is 6.87. The van der Waals surface area contributed by atoms with Crippen molar-refractivity contribution in [1.82, 2.24) is 0 Å². The van der Waals surface area contributed by atoms with E-state index in [0.29, 0.717) is 5.56 Å². The largest absolute Gasteiger partial charge is 0.459 e. The summed E-state index contributed by atoms with van der Waals surface area (Å²) in [5.74, 6) is -1.79. The summed E-state index contributed by atoms with van der Waals surface area (Å²) in [5, 5.41) is 0. The van der Waals surface area contributed by atoms with E-state index in [4.69, 9.17) is 23.7 Å². The lowest BCUT2D eigenvalue weighted by Gasteiger charge is -2.30. The lowest BCUT2D eigenvalue weighted by Crippen LogP contribution is -2.45. The first-order chi connectivity index (χ1) is 11.7. The van der Waals surface area contributed by atoms with Gasteiger partial charge in [-0.3, -0.25) is 4.79 Å². The van der Waals surface area contributed by atoms with Crippen LogP contribution in [0.15, 0.2) is 30.3 Å². The van der Waals surface area contributed by atoms with Crippen LogP contribution < -0.4 is 0 Å². The first kappa shape index (κ1) is 17.8. The molecule has 0 bridgehead atoms. The summed E-state index contributed by atoms with van der Waals surface area (Å²) in [6, 6.07) is 8.67. The third kappa shape index (κ3) is 3.68. The van der Waals surface area contributed by atoms with Crippen molar-refractivity contribution in [3.8, 4) is 0 Å². The molecular weight excluding hydrogens is 328 g/mol. The fourth-order valence-electron chi connectivity index (χ4n) is 3.10. The molecule has 0 saturated carbocycles. The highest BCUT2D eigenvalue weighted by molar-refractivity contribution is 5.89. The molecule has 2 fully saturated rings. The zero-order chi connectivity index (χ0) is 18.2. The van der Waals surface area contributed by atoms with Crippen LogP contribution in [-0.4, -0.2) is 48.4 Å². The van der Waals surface area contributed by atoms with Gasteiger partial charge >= 0.3 is 11.9 Å². The van der Waals surface area contributed by atoms with Gasteiger partial charge in [0.25, 0.3) is 0 Å². The van der Waals surface area contributed by atoms with Gasteiger partial charge in [0.1, 0.15) is 18.3 Å². The first-order valence-corrected chi connectivity index (χ1v) is 8.13. The Morgan fingerprint density at radius 3 is 2.40 bits per heavy atom. The molecule has 0 spiro atoms. The molecule has 0 radical (unpaired) electrons. The fourth-order valence-corrected chi connectivity index (χ4v) is 3.10. The van der Waals surface area contributed by atoms with E-state index in [1.54, 1.807) is 45.0 Å². The highest BCUT2D eigenvalue weighted by atomic mass is 16.8. The zero-order valence-electron chi connectivity index (χ0n) is 14.7. The lowest BCUT2D eigenvalue weighted by molar-refractivity contribution is -0.253. The van der Waals surface area contributed by atoms with Crippen LogP contribution in [0.1, 0.15) is 38.1 Å². The fraction of sp³-hybridized carbons (Fsp3) is 0.556. The molecule has 0 aromatic heterocycles. The van der Waals surface area contributed by atoms with Crippen molar-refractivity contribution in [1.29, 1.82) is 0 Å². The molecule has 3 rings (SSSR count). The normalized spacial score (nSPS) is 32.9. The van der Waals surface area contributed by atoms with Crippen molar-refractivity contribution in [2.75, 3.05) is 6.61 Å². The quantitative estimate of drug-likeness (QED) is 0.769. The van der Waals surface area contributed by atoms with Crippen LogP contribution in [0.5, 0.6) is 0 Å². The Bertz CT molecular complexity index is 657. The van der Waals surface area contributed by atoms with Crippen LogP contribution in [0.4, 0.5) is 0 Å². The van der Waals surface area contributed by atoms with Crippen molar-refractivity contribution in [3.63, 3.8) is 0 Å². The molecule has 0 aliphatic carbocycles. The van der Waals surface area contributed by atoms with Gasteiger partial charge in [0.2, 0.25) is 6.29 Å². The molecule has 4 atom stereocenters. The first-order valence-electron chi connectivity index (χ1n) is 8.13. The number of rotatable bonds is 4. The third-order valence-electron chi connectivity index (χ3n) is 4.17. The number of fused-ring (bicyclic) bond motifs is 1. The third-order valence-corrected chi connectivity index (χ3v) is 4.17. The summed E-state index contributed by atoms with van der Waals surface area (Å²) in [7, 11) is 0. The van der Waals surface area contributed by atoms with Gasteiger partial charge in [0.15, 0.2) is 11.9 Å². The number of hydrogen-bond donors (Lipinski definition) is 0. The maximum Gasteiger partial charge on any atom is 0.338 e. The predicted molar refractivity (Wildman–Crippen MR) is 85.6 cm³/mol. The van der Waals surface area contributed by atoms with E-state index in [1.165, 1.54) is 6.92 Å². The SMILES string of the molecule is CC(=O)OC1O[C@](C)(COC(=O)c2ccccc2)[C@H]2OC(C)(C)O[C@@H]12. The van der Waals surface area contributed by atoms with Crippen molar-refractivity contribution in [2.45, 2.75) is 57.6 Å². The molecule has 2 aliphatic heterocycles. The van der Waals surface area contributed by atoms with Gasteiger partial charge in [-0.1, -0.05) is 18.2 Å². The number of benzene rings is 1. The summed E-state index contributed by atoms with van der Waals surface area (Å²) < 4.78 is 28.2. The van der Waals surface area contributed by atoms with Crippen LogP contribution in [-0.2, 0) is 28.5 Å². The van der Waals surface area contributed by atoms with Crippen molar-refractivity contribution in [2.24, 2.45) is 0 Å². The Balaban J connectivity index is 1.72. The van der Waals surface area contributed by atoms with Crippen LogP contribution in [0.3, 0.4) is 0 Å². The van der Waals surface area contributed by atoms with Crippen molar-refractivity contribution < 1.29 is 33.3 Å². The number of esters is 2. The minimum Gasteiger partial charge on any atom is -0.459 e. The van der Waals surface area contributed by atoms with Crippen molar-refractivity contribution >= 4 is 11.9 Å². The van der Waals surface area contributed by atoms with Crippen LogP contribution >= 0.6 is 0 Å². The lowest BCUT2D eigenvalue weighted by atomic mass is 9.99.